The highest BCUT2D eigenvalue weighted by atomic mass is 35.5. The van der Waals surface area contributed by atoms with E-state index in [-0.39, 0.29) is 24.1 Å². The number of likely N-dealkylation sites (tertiary alicyclic amines) is 1. The molecule has 0 bridgehead atoms. The number of aromatic nitrogens is 1. The molecule has 0 radical (unpaired) electrons. The van der Waals surface area contributed by atoms with Gasteiger partial charge in [0.25, 0.3) is 0 Å². The summed E-state index contributed by atoms with van der Waals surface area (Å²) >= 11 is 1.44. The van der Waals surface area contributed by atoms with Crippen molar-refractivity contribution in [2.75, 3.05) is 39.0 Å². The number of anilines is 1. The summed E-state index contributed by atoms with van der Waals surface area (Å²) < 4.78 is 13.1. The molecule has 0 atom stereocenters. The predicted molar refractivity (Wildman–Crippen MR) is 111 cm³/mol. The number of aryl methyl sites for hydroxylation is 1. The molecule has 0 unspecified atom stereocenters. The molecule has 1 aliphatic rings. The maximum Gasteiger partial charge on any atom is 0.240 e. The van der Waals surface area contributed by atoms with Crippen molar-refractivity contribution in [2.45, 2.75) is 25.8 Å². The van der Waals surface area contributed by atoms with E-state index >= 15 is 0 Å². The van der Waals surface area contributed by atoms with E-state index in [1.54, 1.807) is 12.1 Å². The Balaban J connectivity index is 0.00000261. The number of thiazole rings is 1. The Morgan fingerprint density at radius 2 is 1.96 bits per heavy atom. The number of carbonyl (C=O) groups excluding carboxylic acids is 1. The van der Waals surface area contributed by atoms with Crippen LogP contribution in [0.2, 0.25) is 0 Å². The van der Waals surface area contributed by atoms with Gasteiger partial charge in [-0.15, -0.1) is 23.7 Å². The van der Waals surface area contributed by atoms with Gasteiger partial charge in [-0.3, -0.25) is 9.69 Å². The van der Waals surface area contributed by atoms with Crippen molar-refractivity contribution in [1.29, 1.82) is 0 Å². The molecular formula is C19H26ClFN4OS. The molecule has 1 fully saturated rings. The van der Waals surface area contributed by atoms with Gasteiger partial charge in [0.15, 0.2) is 5.13 Å². The molecule has 1 aromatic carbocycles. The zero-order valence-corrected chi connectivity index (χ0v) is 17.5. The first-order chi connectivity index (χ1) is 12.4. The van der Waals surface area contributed by atoms with Crippen molar-refractivity contribution in [3.8, 4) is 11.3 Å². The van der Waals surface area contributed by atoms with Gasteiger partial charge in [0.2, 0.25) is 5.91 Å². The largest absolute Gasteiger partial charge is 0.306 e. The molecule has 27 heavy (non-hydrogen) atoms. The highest BCUT2D eigenvalue weighted by molar-refractivity contribution is 7.16. The van der Waals surface area contributed by atoms with E-state index in [1.165, 1.54) is 23.5 Å². The summed E-state index contributed by atoms with van der Waals surface area (Å²) in [4.78, 5) is 22.3. The lowest BCUT2D eigenvalue weighted by Crippen LogP contribution is -2.44. The number of hydrogen-bond acceptors (Lipinski definition) is 5. The van der Waals surface area contributed by atoms with E-state index in [9.17, 15) is 9.18 Å². The van der Waals surface area contributed by atoms with Gasteiger partial charge < -0.3 is 10.2 Å². The minimum Gasteiger partial charge on any atom is -0.306 e. The van der Waals surface area contributed by atoms with Crippen molar-refractivity contribution in [2.24, 2.45) is 0 Å². The summed E-state index contributed by atoms with van der Waals surface area (Å²) in [5, 5.41) is 3.49. The second kappa shape index (κ2) is 9.59. The molecule has 0 aliphatic carbocycles. The van der Waals surface area contributed by atoms with Crippen LogP contribution in [0.5, 0.6) is 0 Å². The topological polar surface area (TPSA) is 48.5 Å². The van der Waals surface area contributed by atoms with Crippen LogP contribution in [-0.2, 0) is 4.79 Å². The standard InChI is InChI=1S/C19H25FN4OS.ClH/c1-13-18(14-4-6-15(20)7-5-14)22-19(26-13)21-17(25)12-24(3)16-8-10-23(2)11-9-16;/h4-7,16H,8-12H2,1-3H3,(H,21,22,25);1H. The van der Waals surface area contributed by atoms with Crippen LogP contribution in [0.3, 0.4) is 0 Å². The zero-order valence-electron chi connectivity index (χ0n) is 15.9. The van der Waals surface area contributed by atoms with Crippen LogP contribution in [0, 0.1) is 12.7 Å². The first-order valence-electron chi connectivity index (χ1n) is 8.84. The number of halogens is 2. The molecule has 8 heteroatoms. The molecule has 2 heterocycles. The predicted octanol–water partition coefficient (Wildman–Crippen LogP) is 3.64. The number of piperidine rings is 1. The summed E-state index contributed by atoms with van der Waals surface area (Å²) in [6.45, 7) is 4.46. The van der Waals surface area contributed by atoms with Gasteiger partial charge in [-0.25, -0.2) is 9.37 Å². The van der Waals surface area contributed by atoms with E-state index in [1.807, 2.05) is 14.0 Å². The van der Waals surface area contributed by atoms with Crippen LogP contribution >= 0.6 is 23.7 Å². The smallest absolute Gasteiger partial charge is 0.240 e. The Morgan fingerprint density at radius 1 is 1.33 bits per heavy atom. The Bertz CT molecular complexity index is 760. The lowest BCUT2D eigenvalue weighted by Gasteiger charge is -2.34. The van der Waals surface area contributed by atoms with E-state index < -0.39 is 0 Å². The first kappa shape index (κ1) is 21.8. The molecule has 1 amide bonds. The van der Waals surface area contributed by atoms with E-state index in [4.69, 9.17) is 0 Å². The molecule has 1 N–H and O–H groups in total. The number of rotatable bonds is 5. The normalized spacial score (nSPS) is 15.6. The number of nitrogens with one attached hydrogen (secondary N) is 1. The van der Waals surface area contributed by atoms with Crippen LogP contribution in [0.4, 0.5) is 9.52 Å². The number of likely N-dealkylation sites (N-methyl/N-ethyl adjacent to an activating group) is 1. The lowest BCUT2D eigenvalue weighted by atomic mass is 10.0. The number of amides is 1. The Morgan fingerprint density at radius 3 is 2.59 bits per heavy atom. The van der Waals surface area contributed by atoms with E-state index in [2.05, 4.69) is 27.1 Å². The van der Waals surface area contributed by atoms with Crippen molar-refractivity contribution < 1.29 is 9.18 Å². The third-order valence-corrected chi connectivity index (χ3v) is 5.75. The van der Waals surface area contributed by atoms with Crippen molar-refractivity contribution in [3.63, 3.8) is 0 Å². The molecule has 3 rings (SSSR count). The van der Waals surface area contributed by atoms with Crippen molar-refractivity contribution in [1.82, 2.24) is 14.8 Å². The molecule has 1 aliphatic heterocycles. The summed E-state index contributed by atoms with van der Waals surface area (Å²) in [5.74, 6) is -0.321. The highest BCUT2D eigenvalue weighted by Gasteiger charge is 2.22. The van der Waals surface area contributed by atoms with Crippen LogP contribution in [-0.4, -0.2) is 60.5 Å². The second-order valence-corrected chi connectivity index (χ2v) is 8.13. The number of hydrogen-bond donors (Lipinski definition) is 1. The fourth-order valence-electron chi connectivity index (χ4n) is 3.28. The van der Waals surface area contributed by atoms with Gasteiger partial charge in [-0.05, 0) is 71.2 Å². The summed E-state index contributed by atoms with van der Waals surface area (Å²) in [6, 6.07) is 6.70. The Kier molecular flexibility index (Phi) is 7.73. The van der Waals surface area contributed by atoms with Crippen LogP contribution in [0.25, 0.3) is 11.3 Å². The minimum absolute atomic E-state index is 0. The fourth-order valence-corrected chi connectivity index (χ4v) is 4.13. The van der Waals surface area contributed by atoms with Gasteiger partial charge in [-0.2, -0.15) is 0 Å². The van der Waals surface area contributed by atoms with Gasteiger partial charge >= 0.3 is 0 Å². The second-order valence-electron chi connectivity index (χ2n) is 6.93. The fraction of sp³-hybridized carbons (Fsp3) is 0.474. The van der Waals surface area contributed by atoms with E-state index in [0.29, 0.717) is 17.7 Å². The van der Waals surface area contributed by atoms with Crippen LogP contribution in [0.1, 0.15) is 17.7 Å². The maximum atomic E-state index is 13.1. The van der Waals surface area contributed by atoms with Gasteiger partial charge in [0.1, 0.15) is 5.82 Å². The van der Waals surface area contributed by atoms with Crippen molar-refractivity contribution in [3.05, 3.63) is 35.0 Å². The maximum absolute atomic E-state index is 13.1. The third-order valence-electron chi connectivity index (χ3n) is 4.87. The number of benzene rings is 1. The monoisotopic (exact) mass is 412 g/mol. The minimum atomic E-state index is -0.271. The quantitative estimate of drug-likeness (QED) is 0.814. The van der Waals surface area contributed by atoms with Crippen LogP contribution < -0.4 is 5.32 Å². The summed E-state index contributed by atoms with van der Waals surface area (Å²) in [6.07, 6.45) is 2.18. The SMILES string of the molecule is Cc1sc(NC(=O)CN(C)C2CCN(C)CC2)nc1-c1ccc(F)cc1.Cl. The molecule has 5 nitrogen and oxygen atoms in total. The highest BCUT2D eigenvalue weighted by Crippen LogP contribution is 2.30. The van der Waals surface area contributed by atoms with Crippen molar-refractivity contribution >= 4 is 34.8 Å². The van der Waals surface area contributed by atoms with E-state index in [0.717, 1.165) is 42.1 Å². The molecule has 0 spiro atoms. The van der Waals surface area contributed by atoms with Gasteiger partial charge in [0, 0.05) is 16.5 Å². The lowest BCUT2D eigenvalue weighted by molar-refractivity contribution is -0.117. The zero-order chi connectivity index (χ0) is 18.7. The number of carbonyl (C=O) groups is 1. The molecule has 2 aromatic rings. The first-order valence-corrected chi connectivity index (χ1v) is 9.66. The molecule has 1 aromatic heterocycles. The Hall–Kier alpha value is -1.54. The summed E-state index contributed by atoms with van der Waals surface area (Å²) in [7, 11) is 4.14. The third kappa shape index (κ3) is 5.72. The average Bonchev–Trinajstić information content (AvgIpc) is 2.96. The molecule has 0 saturated carbocycles. The van der Waals surface area contributed by atoms with Crippen LogP contribution in [0.15, 0.2) is 24.3 Å². The van der Waals surface area contributed by atoms with Gasteiger partial charge in [-0.1, -0.05) is 0 Å². The Labute approximate surface area is 170 Å². The average molecular weight is 413 g/mol. The number of nitrogens with zero attached hydrogens (tertiary/aromatic N) is 3. The molecule has 1 saturated heterocycles. The molecular weight excluding hydrogens is 387 g/mol. The summed E-state index contributed by atoms with van der Waals surface area (Å²) in [5.41, 5.74) is 1.64. The molecule has 148 valence electrons. The van der Waals surface area contributed by atoms with Gasteiger partial charge in [0.05, 0.1) is 12.2 Å².